The number of fused-ring (bicyclic) bond motifs is 3. The number of benzene rings is 1. The number of pyridine rings is 1. The fourth-order valence-electron chi connectivity index (χ4n) is 3.87. The van der Waals surface area contributed by atoms with Crippen LogP contribution in [0, 0.1) is 6.92 Å². The van der Waals surface area contributed by atoms with Gasteiger partial charge in [-0.2, -0.15) is 0 Å². The van der Waals surface area contributed by atoms with E-state index in [2.05, 4.69) is 20.6 Å². The Balaban J connectivity index is 1.53. The summed E-state index contributed by atoms with van der Waals surface area (Å²) in [6.07, 6.45) is 4.75. The highest BCUT2D eigenvalue weighted by Gasteiger charge is 2.39. The van der Waals surface area contributed by atoms with Gasteiger partial charge in [-0.15, -0.1) is 5.10 Å². The van der Waals surface area contributed by atoms with Crippen LogP contribution in [0.2, 0.25) is 0 Å². The first kappa shape index (κ1) is 14.5. The maximum atomic E-state index is 12.9. The molecular formula is C18H18N6O. The van der Waals surface area contributed by atoms with Crippen LogP contribution >= 0.6 is 0 Å². The number of nitrogens with zero attached hydrogens (tertiary/aromatic N) is 5. The minimum Gasteiger partial charge on any atom is -0.334 e. The Bertz CT molecular complexity index is 959. The lowest BCUT2D eigenvalue weighted by atomic mass is 9.91. The number of carbonyl (C=O) groups is 1. The van der Waals surface area contributed by atoms with Crippen LogP contribution in [0.5, 0.6) is 0 Å². The van der Waals surface area contributed by atoms with Gasteiger partial charge in [-0.3, -0.25) is 9.78 Å². The minimum absolute atomic E-state index is 0.0261. The van der Waals surface area contributed by atoms with Crippen molar-refractivity contribution >= 4 is 16.7 Å². The Morgan fingerprint density at radius 1 is 1.24 bits per heavy atom. The van der Waals surface area contributed by atoms with Gasteiger partial charge >= 0.3 is 0 Å². The Morgan fingerprint density at radius 3 is 2.84 bits per heavy atom. The van der Waals surface area contributed by atoms with Gasteiger partial charge in [-0.05, 0) is 25.5 Å². The largest absolute Gasteiger partial charge is 0.334 e. The van der Waals surface area contributed by atoms with E-state index in [1.165, 1.54) is 6.42 Å². The van der Waals surface area contributed by atoms with Crippen molar-refractivity contribution in [2.75, 3.05) is 13.1 Å². The van der Waals surface area contributed by atoms with E-state index in [1.807, 2.05) is 42.3 Å². The van der Waals surface area contributed by atoms with Gasteiger partial charge in [0.15, 0.2) is 5.69 Å². The molecule has 126 valence electrons. The maximum Gasteiger partial charge on any atom is 0.276 e. The molecule has 3 aliphatic rings. The molecule has 0 aliphatic carbocycles. The van der Waals surface area contributed by atoms with E-state index in [4.69, 9.17) is 0 Å². The number of nitrogens with one attached hydrogen (secondary N) is 1. The molecule has 7 nitrogen and oxygen atoms in total. The number of rotatable bonds is 2. The Kier molecular flexibility index (Phi) is 3.11. The molecule has 3 fully saturated rings. The summed E-state index contributed by atoms with van der Waals surface area (Å²) in [5.41, 5.74) is 2.11. The number of amides is 1. The third-order valence-electron chi connectivity index (χ3n) is 5.19. The predicted molar refractivity (Wildman–Crippen MR) is 92.6 cm³/mol. The lowest BCUT2D eigenvalue weighted by Gasteiger charge is -2.48. The number of piperidine rings is 1. The topological polar surface area (TPSA) is 75.9 Å². The second kappa shape index (κ2) is 5.35. The SMILES string of the molecule is Cc1c(C(=O)N2CC3CC(C2)N3)nnn1-c1cccc2cnccc12. The van der Waals surface area contributed by atoms with Gasteiger partial charge in [-0.25, -0.2) is 4.68 Å². The zero-order valence-corrected chi connectivity index (χ0v) is 13.9. The van der Waals surface area contributed by atoms with E-state index in [0.29, 0.717) is 17.8 Å². The van der Waals surface area contributed by atoms with Crippen molar-refractivity contribution in [1.82, 2.24) is 30.2 Å². The Labute approximate surface area is 144 Å². The highest BCUT2D eigenvalue weighted by Crippen LogP contribution is 2.25. The number of hydrogen-bond donors (Lipinski definition) is 1. The smallest absolute Gasteiger partial charge is 0.276 e. The van der Waals surface area contributed by atoms with Gasteiger partial charge in [-0.1, -0.05) is 17.3 Å². The molecule has 2 atom stereocenters. The summed E-state index contributed by atoms with van der Waals surface area (Å²) in [5, 5.41) is 14.0. The molecule has 2 bridgehead atoms. The summed E-state index contributed by atoms with van der Waals surface area (Å²) in [6, 6.07) is 8.78. The Morgan fingerprint density at radius 2 is 2.04 bits per heavy atom. The van der Waals surface area contributed by atoms with E-state index in [1.54, 1.807) is 10.9 Å². The molecule has 1 N–H and O–H groups in total. The van der Waals surface area contributed by atoms with Crippen molar-refractivity contribution in [3.8, 4) is 5.69 Å². The predicted octanol–water partition coefficient (Wildman–Crippen LogP) is 1.31. The van der Waals surface area contributed by atoms with Crippen molar-refractivity contribution in [3.63, 3.8) is 0 Å². The highest BCUT2D eigenvalue weighted by atomic mass is 16.2. The zero-order chi connectivity index (χ0) is 17.0. The number of carbonyl (C=O) groups excluding carboxylic acids is 1. The molecule has 2 aromatic heterocycles. The van der Waals surface area contributed by atoms with Crippen LogP contribution in [0.1, 0.15) is 22.6 Å². The standard InChI is InChI=1S/C18H18N6O/c1-11-17(18(25)23-9-13-7-14(10-23)20-13)21-22-24(11)16-4-2-3-12-8-19-6-5-15(12)16/h2-6,8,13-14,20H,7,9-10H2,1H3. The molecule has 1 amide bonds. The average molecular weight is 334 g/mol. The van der Waals surface area contributed by atoms with Gasteiger partial charge in [0.25, 0.3) is 5.91 Å². The molecule has 7 heteroatoms. The molecule has 0 saturated carbocycles. The first-order chi connectivity index (χ1) is 12.2. The van der Waals surface area contributed by atoms with Crippen LogP contribution in [-0.2, 0) is 0 Å². The molecular weight excluding hydrogens is 316 g/mol. The number of aromatic nitrogens is 4. The van der Waals surface area contributed by atoms with Crippen LogP contribution in [0.4, 0.5) is 0 Å². The van der Waals surface area contributed by atoms with E-state index < -0.39 is 0 Å². The highest BCUT2D eigenvalue weighted by molar-refractivity contribution is 5.94. The van der Waals surface area contributed by atoms with Gasteiger partial charge < -0.3 is 10.2 Å². The second-order valence-corrected chi connectivity index (χ2v) is 6.82. The third-order valence-corrected chi connectivity index (χ3v) is 5.19. The van der Waals surface area contributed by atoms with Crippen molar-refractivity contribution in [2.45, 2.75) is 25.4 Å². The number of hydrogen-bond acceptors (Lipinski definition) is 5. The molecule has 3 saturated heterocycles. The van der Waals surface area contributed by atoms with Crippen LogP contribution in [0.15, 0.2) is 36.7 Å². The third kappa shape index (κ3) is 2.23. The van der Waals surface area contributed by atoms with Gasteiger partial charge in [0.2, 0.25) is 0 Å². The summed E-state index contributed by atoms with van der Waals surface area (Å²) in [5.74, 6) is -0.0261. The molecule has 0 spiro atoms. The summed E-state index contributed by atoms with van der Waals surface area (Å²) in [4.78, 5) is 18.9. The number of piperazine rings is 1. The summed E-state index contributed by atoms with van der Waals surface area (Å²) in [7, 11) is 0. The van der Waals surface area contributed by atoms with E-state index in [9.17, 15) is 4.79 Å². The van der Waals surface area contributed by atoms with E-state index in [-0.39, 0.29) is 5.91 Å². The summed E-state index contributed by atoms with van der Waals surface area (Å²) < 4.78 is 1.75. The average Bonchev–Trinajstić information content (AvgIpc) is 3.01. The minimum atomic E-state index is -0.0261. The molecule has 3 aliphatic heterocycles. The van der Waals surface area contributed by atoms with Crippen molar-refractivity contribution < 1.29 is 4.79 Å². The van der Waals surface area contributed by atoms with Crippen LogP contribution in [0.25, 0.3) is 16.5 Å². The van der Waals surface area contributed by atoms with Crippen molar-refractivity contribution in [1.29, 1.82) is 0 Å². The lowest BCUT2D eigenvalue weighted by molar-refractivity contribution is 0.0467. The monoisotopic (exact) mass is 334 g/mol. The molecule has 6 rings (SSSR count). The van der Waals surface area contributed by atoms with Crippen LogP contribution in [0.3, 0.4) is 0 Å². The second-order valence-electron chi connectivity index (χ2n) is 6.82. The van der Waals surface area contributed by atoms with E-state index in [0.717, 1.165) is 35.2 Å². The first-order valence-electron chi connectivity index (χ1n) is 8.51. The van der Waals surface area contributed by atoms with Crippen LogP contribution < -0.4 is 5.32 Å². The Hall–Kier alpha value is -2.80. The van der Waals surface area contributed by atoms with Crippen LogP contribution in [-0.4, -0.2) is 56.0 Å². The fraction of sp³-hybridized carbons (Fsp3) is 0.333. The zero-order valence-electron chi connectivity index (χ0n) is 13.9. The van der Waals surface area contributed by atoms with Crippen molar-refractivity contribution in [3.05, 3.63) is 48.0 Å². The molecule has 0 radical (unpaired) electrons. The maximum absolute atomic E-state index is 12.9. The molecule has 3 aromatic rings. The first-order valence-corrected chi connectivity index (χ1v) is 8.51. The molecule has 5 heterocycles. The van der Waals surface area contributed by atoms with E-state index >= 15 is 0 Å². The van der Waals surface area contributed by atoms with Gasteiger partial charge in [0, 0.05) is 48.3 Å². The van der Waals surface area contributed by atoms with Crippen molar-refractivity contribution in [2.24, 2.45) is 0 Å². The van der Waals surface area contributed by atoms with Gasteiger partial charge in [0.05, 0.1) is 11.4 Å². The molecule has 25 heavy (non-hydrogen) atoms. The van der Waals surface area contributed by atoms with Gasteiger partial charge in [0.1, 0.15) is 0 Å². The quantitative estimate of drug-likeness (QED) is 0.765. The molecule has 2 unspecified atom stereocenters. The fourth-order valence-corrected chi connectivity index (χ4v) is 3.87. The summed E-state index contributed by atoms with van der Waals surface area (Å²) in [6.45, 7) is 3.40. The lowest BCUT2D eigenvalue weighted by Crippen LogP contribution is -2.67. The summed E-state index contributed by atoms with van der Waals surface area (Å²) >= 11 is 0. The normalized spacial score (nSPS) is 22.0. The molecule has 1 aromatic carbocycles.